The van der Waals surface area contributed by atoms with Crippen LogP contribution in [0.4, 0.5) is 4.39 Å². The minimum atomic E-state index is -0.296. The van der Waals surface area contributed by atoms with Crippen molar-refractivity contribution in [3.8, 4) is 0 Å². The lowest BCUT2D eigenvalue weighted by atomic mass is 10.1. The average molecular weight is 345 g/mol. The molecule has 3 rings (SSSR count). The first kappa shape index (κ1) is 16.6. The van der Waals surface area contributed by atoms with E-state index in [1.165, 1.54) is 12.1 Å². The van der Waals surface area contributed by atoms with Crippen LogP contribution in [-0.2, 0) is 7.05 Å². The summed E-state index contributed by atoms with van der Waals surface area (Å²) >= 11 is 1.55. The molecule has 0 spiro atoms. The molecule has 3 aromatic rings. The van der Waals surface area contributed by atoms with Crippen molar-refractivity contribution in [1.29, 1.82) is 0 Å². The fourth-order valence-electron chi connectivity index (χ4n) is 2.98. The largest absolute Gasteiger partial charge is 0.339 e. The van der Waals surface area contributed by atoms with E-state index in [2.05, 4.69) is 4.98 Å². The molecule has 24 heavy (non-hydrogen) atoms. The molecule has 0 aliphatic carbocycles. The lowest BCUT2D eigenvalue weighted by Crippen LogP contribution is -2.31. The zero-order valence-corrected chi connectivity index (χ0v) is 15.2. The molecule has 1 amide bonds. The number of thiazole rings is 1. The summed E-state index contributed by atoms with van der Waals surface area (Å²) in [6, 6.07) is 4.49. The summed E-state index contributed by atoms with van der Waals surface area (Å²) in [6.45, 7) is 5.77. The third-order valence-corrected chi connectivity index (χ3v) is 5.65. The van der Waals surface area contributed by atoms with Gasteiger partial charge in [-0.3, -0.25) is 4.79 Å². The normalized spacial score (nSPS) is 12.6. The Balaban J connectivity index is 2.02. The lowest BCUT2D eigenvalue weighted by Gasteiger charge is -2.24. The van der Waals surface area contributed by atoms with Crippen molar-refractivity contribution in [2.24, 2.45) is 7.05 Å². The highest BCUT2D eigenvalue weighted by molar-refractivity contribution is 7.09. The van der Waals surface area contributed by atoms with Gasteiger partial charge in [-0.05, 0) is 44.5 Å². The molecule has 6 heteroatoms. The van der Waals surface area contributed by atoms with E-state index in [1.807, 2.05) is 37.8 Å². The van der Waals surface area contributed by atoms with Crippen molar-refractivity contribution in [2.45, 2.75) is 26.8 Å². The fourth-order valence-corrected chi connectivity index (χ4v) is 3.87. The molecule has 0 saturated carbocycles. The van der Waals surface area contributed by atoms with Gasteiger partial charge in [0.2, 0.25) is 0 Å². The molecular weight excluding hydrogens is 325 g/mol. The van der Waals surface area contributed by atoms with Crippen molar-refractivity contribution >= 4 is 28.1 Å². The predicted molar refractivity (Wildman–Crippen MR) is 95.0 cm³/mol. The summed E-state index contributed by atoms with van der Waals surface area (Å²) in [5, 5.41) is 3.66. The highest BCUT2D eigenvalue weighted by Crippen LogP contribution is 2.29. The van der Waals surface area contributed by atoms with E-state index >= 15 is 0 Å². The van der Waals surface area contributed by atoms with Crippen molar-refractivity contribution in [3.63, 3.8) is 0 Å². The van der Waals surface area contributed by atoms with Crippen LogP contribution in [0.2, 0.25) is 0 Å². The molecule has 2 heterocycles. The van der Waals surface area contributed by atoms with E-state index in [9.17, 15) is 9.18 Å². The zero-order chi connectivity index (χ0) is 17.6. The minimum Gasteiger partial charge on any atom is -0.339 e. The first-order valence-electron chi connectivity index (χ1n) is 7.75. The van der Waals surface area contributed by atoms with Crippen LogP contribution in [-0.4, -0.2) is 27.4 Å². The summed E-state index contributed by atoms with van der Waals surface area (Å²) < 4.78 is 15.4. The van der Waals surface area contributed by atoms with Gasteiger partial charge in [0.1, 0.15) is 16.5 Å². The van der Waals surface area contributed by atoms with E-state index in [-0.39, 0.29) is 17.8 Å². The van der Waals surface area contributed by atoms with Crippen molar-refractivity contribution in [1.82, 2.24) is 14.5 Å². The molecule has 1 atom stereocenters. The van der Waals surface area contributed by atoms with Crippen LogP contribution in [0.1, 0.15) is 39.7 Å². The number of fused-ring (bicyclic) bond motifs is 1. The van der Waals surface area contributed by atoms with Gasteiger partial charge in [-0.15, -0.1) is 11.3 Å². The molecule has 126 valence electrons. The van der Waals surface area contributed by atoms with Gasteiger partial charge in [-0.1, -0.05) is 0 Å². The highest BCUT2D eigenvalue weighted by atomic mass is 32.1. The van der Waals surface area contributed by atoms with Gasteiger partial charge in [0, 0.05) is 36.1 Å². The maximum atomic E-state index is 13.6. The number of carbonyl (C=O) groups is 1. The number of halogens is 1. The van der Waals surface area contributed by atoms with E-state index in [0.29, 0.717) is 5.69 Å². The molecule has 0 bridgehead atoms. The number of nitrogens with zero attached hydrogens (tertiary/aromatic N) is 3. The van der Waals surface area contributed by atoms with Gasteiger partial charge in [-0.2, -0.15) is 0 Å². The van der Waals surface area contributed by atoms with Crippen LogP contribution in [0.25, 0.3) is 10.9 Å². The standard InChI is InChI=1S/C18H20FN3OS/c1-10-9-24-17(20-10)12(3)21(4)18(23)16-11(2)14-8-13(19)6-7-15(14)22(16)5/h6-9,12H,1-5H3/t12-/m0/s1. The average Bonchev–Trinajstić information content (AvgIpc) is 3.08. The van der Waals surface area contributed by atoms with E-state index in [4.69, 9.17) is 0 Å². The molecule has 0 fully saturated rings. The topological polar surface area (TPSA) is 38.1 Å². The van der Waals surface area contributed by atoms with E-state index in [0.717, 1.165) is 27.2 Å². The maximum absolute atomic E-state index is 13.6. The van der Waals surface area contributed by atoms with Gasteiger partial charge in [0.05, 0.1) is 6.04 Å². The maximum Gasteiger partial charge on any atom is 0.271 e. The quantitative estimate of drug-likeness (QED) is 0.713. The van der Waals surface area contributed by atoms with Crippen molar-refractivity contribution in [3.05, 3.63) is 51.4 Å². The van der Waals surface area contributed by atoms with E-state index in [1.54, 1.807) is 29.4 Å². The molecule has 0 N–H and O–H groups in total. The second-order valence-electron chi connectivity index (χ2n) is 6.11. The van der Waals surface area contributed by atoms with Crippen LogP contribution in [0.5, 0.6) is 0 Å². The Bertz CT molecular complexity index is 928. The minimum absolute atomic E-state index is 0.0908. The van der Waals surface area contributed by atoms with Gasteiger partial charge >= 0.3 is 0 Å². The van der Waals surface area contributed by atoms with Crippen LogP contribution in [0, 0.1) is 19.7 Å². The number of hydrogen-bond acceptors (Lipinski definition) is 3. The Morgan fingerprint density at radius 1 is 1.38 bits per heavy atom. The monoisotopic (exact) mass is 345 g/mol. The number of aromatic nitrogens is 2. The third-order valence-electron chi connectivity index (χ3n) is 4.51. The van der Waals surface area contributed by atoms with Crippen LogP contribution in [0.15, 0.2) is 23.6 Å². The fraction of sp³-hybridized carbons (Fsp3) is 0.333. The SMILES string of the molecule is Cc1csc([C@H](C)N(C)C(=O)c2c(C)c3cc(F)ccc3n2C)n1. The van der Waals surface area contributed by atoms with Gasteiger partial charge in [0.25, 0.3) is 5.91 Å². The first-order valence-corrected chi connectivity index (χ1v) is 8.63. The number of carbonyl (C=O) groups excluding carboxylic acids is 1. The lowest BCUT2D eigenvalue weighted by molar-refractivity contribution is 0.0732. The third kappa shape index (κ3) is 2.60. The summed E-state index contributed by atoms with van der Waals surface area (Å²) in [5.41, 5.74) is 3.19. The number of benzene rings is 1. The molecule has 0 radical (unpaired) electrons. The number of aryl methyl sites for hydroxylation is 3. The van der Waals surface area contributed by atoms with Crippen molar-refractivity contribution in [2.75, 3.05) is 7.05 Å². The predicted octanol–water partition coefficient (Wildman–Crippen LogP) is 4.22. The Morgan fingerprint density at radius 2 is 2.08 bits per heavy atom. The second-order valence-corrected chi connectivity index (χ2v) is 7.00. The molecule has 0 aliphatic heterocycles. The van der Waals surface area contributed by atoms with Crippen LogP contribution < -0.4 is 0 Å². The van der Waals surface area contributed by atoms with Crippen LogP contribution >= 0.6 is 11.3 Å². The zero-order valence-electron chi connectivity index (χ0n) is 14.4. The summed E-state index contributed by atoms with van der Waals surface area (Å²) in [6.07, 6.45) is 0. The van der Waals surface area contributed by atoms with Gasteiger partial charge in [-0.25, -0.2) is 9.37 Å². The summed E-state index contributed by atoms with van der Waals surface area (Å²) in [5.74, 6) is -0.387. The number of rotatable bonds is 3. The molecule has 4 nitrogen and oxygen atoms in total. The summed E-state index contributed by atoms with van der Waals surface area (Å²) in [4.78, 5) is 19.2. The van der Waals surface area contributed by atoms with E-state index < -0.39 is 0 Å². The Hall–Kier alpha value is -2.21. The van der Waals surface area contributed by atoms with Crippen molar-refractivity contribution < 1.29 is 9.18 Å². The molecular formula is C18H20FN3OS. The Labute approximate surface area is 144 Å². The summed E-state index contributed by atoms with van der Waals surface area (Å²) in [7, 11) is 3.62. The Morgan fingerprint density at radius 3 is 2.71 bits per heavy atom. The molecule has 1 aromatic carbocycles. The number of amides is 1. The second kappa shape index (κ2) is 6.02. The molecule has 0 unspecified atom stereocenters. The first-order chi connectivity index (χ1) is 11.3. The van der Waals surface area contributed by atoms with Gasteiger partial charge < -0.3 is 9.47 Å². The smallest absolute Gasteiger partial charge is 0.271 e. The highest BCUT2D eigenvalue weighted by Gasteiger charge is 2.26. The Kier molecular flexibility index (Phi) is 4.17. The molecule has 0 aliphatic rings. The molecule has 2 aromatic heterocycles. The van der Waals surface area contributed by atoms with Crippen LogP contribution in [0.3, 0.4) is 0 Å². The van der Waals surface area contributed by atoms with Gasteiger partial charge in [0.15, 0.2) is 0 Å². The number of hydrogen-bond donors (Lipinski definition) is 0. The molecule has 0 saturated heterocycles.